The second-order valence-electron chi connectivity index (χ2n) is 5.22. The minimum Gasteiger partial charge on any atom is -0.467 e. The van der Waals surface area contributed by atoms with Crippen molar-refractivity contribution < 1.29 is 17.2 Å². The topological polar surface area (TPSA) is 77.1 Å². The standard InChI is InChI=1S/C16H16FN3O3S/c17-14-6-2-1-5-13(14)12-24(21,22)19-11-15(16-7-3-10-23-16)20-9-4-8-18-20/h1-10,15,19H,11-12H2. The zero-order valence-electron chi connectivity index (χ0n) is 12.7. The summed E-state index contributed by atoms with van der Waals surface area (Å²) in [6.07, 6.45) is 4.84. The molecule has 3 rings (SSSR count). The Kier molecular flexibility index (Phi) is 4.77. The van der Waals surface area contributed by atoms with Gasteiger partial charge in [-0.15, -0.1) is 0 Å². The Morgan fingerprint density at radius 2 is 2.04 bits per heavy atom. The number of aromatic nitrogens is 2. The lowest BCUT2D eigenvalue weighted by atomic mass is 10.2. The fourth-order valence-electron chi connectivity index (χ4n) is 2.35. The van der Waals surface area contributed by atoms with Crippen LogP contribution in [0.25, 0.3) is 0 Å². The molecule has 0 spiro atoms. The molecular formula is C16H16FN3O3S. The average Bonchev–Trinajstić information content (AvgIpc) is 3.23. The van der Waals surface area contributed by atoms with E-state index in [1.807, 2.05) is 0 Å². The van der Waals surface area contributed by atoms with Crippen LogP contribution >= 0.6 is 0 Å². The van der Waals surface area contributed by atoms with Crippen LogP contribution in [0.2, 0.25) is 0 Å². The van der Waals surface area contributed by atoms with Gasteiger partial charge >= 0.3 is 0 Å². The summed E-state index contributed by atoms with van der Waals surface area (Å²) in [6.45, 7) is 0.0476. The first kappa shape index (κ1) is 16.4. The third-order valence-corrected chi connectivity index (χ3v) is 4.81. The van der Waals surface area contributed by atoms with Gasteiger partial charge in [-0.1, -0.05) is 18.2 Å². The number of nitrogens with zero attached hydrogens (tertiary/aromatic N) is 2. The molecule has 0 aliphatic heterocycles. The number of rotatable bonds is 7. The number of hydrogen-bond acceptors (Lipinski definition) is 4. The molecule has 6 nitrogen and oxygen atoms in total. The van der Waals surface area contributed by atoms with Crippen LogP contribution < -0.4 is 4.72 Å². The summed E-state index contributed by atoms with van der Waals surface area (Å²) in [5.41, 5.74) is 0.124. The van der Waals surface area contributed by atoms with E-state index in [-0.39, 0.29) is 12.1 Å². The normalized spacial score (nSPS) is 13.0. The molecule has 2 heterocycles. The van der Waals surface area contributed by atoms with Gasteiger partial charge in [0.15, 0.2) is 0 Å². The summed E-state index contributed by atoms with van der Waals surface area (Å²) < 4.78 is 47.6. The van der Waals surface area contributed by atoms with Crippen molar-refractivity contribution in [2.45, 2.75) is 11.8 Å². The zero-order valence-corrected chi connectivity index (χ0v) is 13.5. The summed E-state index contributed by atoms with van der Waals surface area (Å²) >= 11 is 0. The average molecular weight is 349 g/mol. The maximum atomic E-state index is 13.6. The maximum Gasteiger partial charge on any atom is 0.215 e. The van der Waals surface area contributed by atoms with Crippen molar-refractivity contribution in [1.82, 2.24) is 14.5 Å². The molecule has 0 saturated heterocycles. The van der Waals surface area contributed by atoms with Gasteiger partial charge < -0.3 is 4.42 Å². The predicted octanol–water partition coefficient (Wildman–Crippen LogP) is 2.32. The second kappa shape index (κ2) is 6.98. The number of nitrogens with one attached hydrogen (secondary N) is 1. The Labute approximate surface area is 139 Å². The van der Waals surface area contributed by atoms with Gasteiger partial charge in [0.25, 0.3) is 0 Å². The molecule has 24 heavy (non-hydrogen) atoms. The summed E-state index contributed by atoms with van der Waals surface area (Å²) in [5.74, 6) is -0.395. The first-order valence-corrected chi connectivity index (χ1v) is 8.94. The number of benzene rings is 1. The van der Waals surface area contributed by atoms with Gasteiger partial charge in [-0.05, 0) is 24.3 Å². The van der Waals surface area contributed by atoms with Crippen LogP contribution in [0.4, 0.5) is 4.39 Å². The van der Waals surface area contributed by atoms with Crippen molar-refractivity contribution in [3.8, 4) is 0 Å². The molecule has 1 atom stereocenters. The predicted molar refractivity (Wildman–Crippen MR) is 86.1 cm³/mol. The minimum absolute atomic E-state index is 0.0476. The molecule has 0 bridgehead atoms. The minimum atomic E-state index is -3.71. The Morgan fingerprint density at radius 1 is 1.21 bits per heavy atom. The summed E-state index contributed by atoms with van der Waals surface area (Å²) in [5, 5.41) is 4.13. The quantitative estimate of drug-likeness (QED) is 0.710. The third kappa shape index (κ3) is 3.90. The molecule has 1 unspecified atom stereocenters. The molecule has 126 valence electrons. The smallest absolute Gasteiger partial charge is 0.215 e. The van der Waals surface area contributed by atoms with Gasteiger partial charge in [0, 0.05) is 24.5 Å². The summed E-state index contributed by atoms with van der Waals surface area (Å²) in [4.78, 5) is 0. The lowest BCUT2D eigenvalue weighted by molar-refractivity contribution is 0.402. The van der Waals surface area contributed by atoms with Gasteiger partial charge in [-0.2, -0.15) is 5.10 Å². The highest BCUT2D eigenvalue weighted by atomic mass is 32.2. The van der Waals surface area contributed by atoms with E-state index in [9.17, 15) is 12.8 Å². The molecule has 0 aliphatic rings. The van der Waals surface area contributed by atoms with Crippen LogP contribution in [0, 0.1) is 5.82 Å². The third-order valence-electron chi connectivity index (χ3n) is 3.52. The molecule has 0 saturated carbocycles. The Morgan fingerprint density at radius 3 is 2.71 bits per heavy atom. The molecule has 0 fully saturated rings. The zero-order chi connectivity index (χ0) is 17.0. The van der Waals surface area contributed by atoms with Crippen molar-refractivity contribution in [1.29, 1.82) is 0 Å². The fraction of sp³-hybridized carbons (Fsp3) is 0.188. The van der Waals surface area contributed by atoms with Gasteiger partial charge in [0.2, 0.25) is 10.0 Å². The van der Waals surface area contributed by atoms with Crippen LogP contribution in [0.1, 0.15) is 17.4 Å². The van der Waals surface area contributed by atoms with Gasteiger partial charge in [0.05, 0.1) is 12.0 Å². The van der Waals surface area contributed by atoms with Crippen molar-refractivity contribution in [2.24, 2.45) is 0 Å². The van der Waals surface area contributed by atoms with E-state index in [1.54, 1.807) is 41.3 Å². The van der Waals surface area contributed by atoms with E-state index in [2.05, 4.69) is 9.82 Å². The van der Waals surface area contributed by atoms with Crippen LogP contribution in [0.15, 0.2) is 65.5 Å². The SMILES string of the molecule is O=S(=O)(Cc1ccccc1F)NCC(c1ccco1)n1cccn1. The van der Waals surface area contributed by atoms with E-state index in [0.717, 1.165) is 0 Å². The lowest BCUT2D eigenvalue weighted by Gasteiger charge is -2.16. The van der Waals surface area contributed by atoms with Gasteiger partial charge in [0.1, 0.15) is 17.6 Å². The largest absolute Gasteiger partial charge is 0.467 e. The first-order valence-electron chi connectivity index (χ1n) is 7.28. The monoisotopic (exact) mass is 349 g/mol. The fourth-order valence-corrected chi connectivity index (χ4v) is 3.50. The van der Waals surface area contributed by atoms with E-state index in [1.165, 1.54) is 24.5 Å². The van der Waals surface area contributed by atoms with Crippen molar-refractivity contribution >= 4 is 10.0 Å². The van der Waals surface area contributed by atoms with E-state index >= 15 is 0 Å². The molecule has 2 aromatic heterocycles. The van der Waals surface area contributed by atoms with E-state index in [0.29, 0.717) is 5.76 Å². The maximum absolute atomic E-state index is 13.6. The van der Waals surface area contributed by atoms with Crippen LogP contribution in [-0.2, 0) is 15.8 Å². The molecular weight excluding hydrogens is 333 g/mol. The van der Waals surface area contributed by atoms with Crippen molar-refractivity contribution in [2.75, 3.05) is 6.54 Å². The number of sulfonamides is 1. The Bertz CT molecular complexity index is 843. The first-order chi connectivity index (χ1) is 11.6. The highest BCUT2D eigenvalue weighted by Crippen LogP contribution is 2.18. The van der Waals surface area contributed by atoms with Crippen molar-refractivity contribution in [3.05, 3.63) is 78.3 Å². The second-order valence-corrected chi connectivity index (χ2v) is 7.02. The van der Waals surface area contributed by atoms with Gasteiger partial charge in [-0.25, -0.2) is 17.5 Å². The summed E-state index contributed by atoms with van der Waals surface area (Å²) in [7, 11) is -3.71. The Balaban J connectivity index is 1.73. The molecule has 0 aliphatic carbocycles. The van der Waals surface area contributed by atoms with Crippen LogP contribution in [0.3, 0.4) is 0 Å². The molecule has 8 heteroatoms. The van der Waals surface area contributed by atoms with Crippen LogP contribution in [-0.4, -0.2) is 24.7 Å². The molecule has 0 amide bonds. The number of hydrogen-bond donors (Lipinski definition) is 1. The number of halogens is 1. The van der Waals surface area contributed by atoms with E-state index < -0.39 is 27.6 Å². The van der Waals surface area contributed by atoms with E-state index in [4.69, 9.17) is 4.42 Å². The van der Waals surface area contributed by atoms with Crippen molar-refractivity contribution in [3.63, 3.8) is 0 Å². The Hall–Kier alpha value is -2.45. The molecule has 1 aromatic carbocycles. The molecule has 3 aromatic rings. The highest BCUT2D eigenvalue weighted by molar-refractivity contribution is 7.88. The number of furan rings is 1. The highest BCUT2D eigenvalue weighted by Gasteiger charge is 2.21. The molecule has 0 radical (unpaired) electrons. The van der Waals surface area contributed by atoms with Crippen LogP contribution in [0.5, 0.6) is 0 Å². The molecule has 1 N–H and O–H groups in total. The summed E-state index contributed by atoms with van der Waals surface area (Å²) in [6, 6.07) is 10.6. The lowest BCUT2D eigenvalue weighted by Crippen LogP contribution is -2.32. The van der Waals surface area contributed by atoms with Gasteiger partial charge in [-0.3, -0.25) is 4.68 Å².